The Morgan fingerprint density at radius 1 is 0.396 bits per heavy atom. The normalized spacial score (nSPS) is 11.3. The fourth-order valence-electron chi connectivity index (χ4n) is 6.70. The highest BCUT2D eigenvalue weighted by Gasteiger charge is 2.16. The summed E-state index contributed by atoms with van der Waals surface area (Å²) in [6.45, 7) is 0. The molecule has 2 aromatic heterocycles. The molecule has 7 aromatic carbocycles. The van der Waals surface area contributed by atoms with Gasteiger partial charge >= 0.3 is 0 Å². The summed E-state index contributed by atoms with van der Waals surface area (Å²) >= 11 is 0. The molecule has 0 aliphatic heterocycles. The van der Waals surface area contributed by atoms with Crippen molar-refractivity contribution in [2.24, 2.45) is 0 Å². The number of furan rings is 1. The van der Waals surface area contributed by atoms with Crippen molar-refractivity contribution in [2.75, 3.05) is 4.90 Å². The molecule has 0 aliphatic carbocycles. The fraction of sp³-hybridized carbons (Fsp3) is 0. The molecule has 48 heavy (non-hydrogen) atoms. The number of rotatable bonds is 6. The van der Waals surface area contributed by atoms with Crippen LogP contribution in [0.5, 0.6) is 0 Å². The van der Waals surface area contributed by atoms with Crippen molar-refractivity contribution >= 4 is 49.9 Å². The maximum Gasteiger partial charge on any atom is 0.227 e. The molecule has 3 heteroatoms. The number of pyridine rings is 1. The highest BCUT2D eigenvalue weighted by atomic mass is 16.3. The molecular weight excluding hydrogens is 585 g/mol. The molecule has 0 bridgehead atoms. The molecule has 0 spiro atoms. The lowest BCUT2D eigenvalue weighted by Gasteiger charge is -2.26. The zero-order valence-corrected chi connectivity index (χ0v) is 26.1. The maximum absolute atomic E-state index is 6.25. The van der Waals surface area contributed by atoms with Gasteiger partial charge in [0.05, 0.1) is 0 Å². The Morgan fingerprint density at radius 2 is 0.958 bits per heavy atom. The van der Waals surface area contributed by atoms with Crippen LogP contribution < -0.4 is 4.90 Å². The molecule has 0 saturated heterocycles. The van der Waals surface area contributed by atoms with E-state index in [0.29, 0.717) is 5.71 Å². The van der Waals surface area contributed by atoms with Gasteiger partial charge in [-0.3, -0.25) is 0 Å². The Morgan fingerprint density at radius 3 is 1.67 bits per heavy atom. The number of aromatic nitrogens is 1. The Hall–Kier alpha value is -6.45. The van der Waals surface area contributed by atoms with Gasteiger partial charge in [0, 0.05) is 39.6 Å². The van der Waals surface area contributed by atoms with Crippen LogP contribution in [0.4, 0.5) is 17.1 Å². The van der Waals surface area contributed by atoms with Gasteiger partial charge in [0.25, 0.3) is 0 Å². The molecule has 0 unspecified atom stereocenters. The van der Waals surface area contributed by atoms with Gasteiger partial charge in [-0.2, -0.15) is 0 Å². The zero-order valence-electron chi connectivity index (χ0n) is 26.1. The molecule has 0 radical (unpaired) electrons. The smallest absolute Gasteiger partial charge is 0.227 e. The average molecular weight is 615 g/mol. The summed E-state index contributed by atoms with van der Waals surface area (Å²) in [5, 5.41) is 4.60. The van der Waals surface area contributed by atoms with Crippen LogP contribution >= 0.6 is 0 Å². The second-order valence-electron chi connectivity index (χ2n) is 12.0. The Labute approximate surface area is 279 Å². The Bertz CT molecular complexity index is 2530. The van der Waals surface area contributed by atoms with Crippen LogP contribution in [0.15, 0.2) is 187 Å². The van der Waals surface area contributed by atoms with Crippen LogP contribution in [0.2, 0.25) is 0 Å². The number of benzene rings is 7. The third-order valence-electron chi connectivity index (χ3n) is 9.15. The zero-order chi connectivity index (χ0) is 31.9. The van der Waals surface area contributed by atoms with E-state index in [1.165, 1.54) is 33.0 Å². The maximum atomic E-state index is 6.25. The molecule has 0 atom stereocenters. The number of anilines is 3. The van der Waals surface area contributed by atoms with Gasteiger partial charge in [-0.15, -0.1) is 0 Å². The molecular formula is C45H30N2O. The number of hydrogen-bond acceptors (Lipinski definition) is 3. The summed E-state index contributed by atoms with van der Waals surface area (Å²) < 4.78 is 6.25. The summed E-state index contributed by atoms with van der Waals surface area (Å²) in [6.07, 6.45) is 1.77. The number of fused-ring (bicyclic) bond motifs is 4. The van der Waals surface area contributed by atoms with E-state index in [2.05, 4.69) is 180 Å². The Kier molecular flexibility index (Phi) is 6.80. The SMILES string of the molecule is c1ccc(-c2ccc(N(c3ccc(-c4ccc5ccccc5c4)cc3)c3ccc(-c4cccc5c4oc4ncccc45)cc3)cc2)cc1. The second-order valence-corrected chi connectivity index (χ2v) is 12.0. The fourth-order valence-corrected chi connectivity index (χ4v) is 6.70. The van der Waals surface area contributed by atoms with Gasteiger partial charge in [0.15, 0.2) is 0 Å². The van der Waals surface area contributed by atoms with Gasteiger partial charge in [0.1, 0.15) is 5.58 Å². The third-order valence-corrected chi connectivity index (χ3v) is 9.15. The minimum absolute atomic E-state index is 0.661. The molecule has 9 rings (SSSR count). The van der Waals surface area contributed by atoms with E-state index in [0.717, 1.165) is 44.5 Å². The average Bonchev–Trinajstić information content (AvgIpc) is 3.55. The van der Waals surface area contributed by atoms with Crippen LogP contribution in [0.25, 0.3) is 66.2 Å². The van der Waals surface area contributed by atoms with Crippen LogP contribution in [0.3, 0.4) is 0 Å². The van der Waals surface area contributed by atoms with Crippen molar-refractivity contribution in [3.05, 3.63) is 182 Å². The van der Waals surface area contributed by atoms with E-state index in [1.54, 1.807) is 6.20 Å². The van der Waals surface area contributed by atoms with Crippen LogP contribution in [0.1, 0.15) is 0 Å². The van der Waals surface area contributed by atoms with Gasteiger partial charge < -0.3 is 9.32 Å². The largest absolute Gasteiger partial charge is 0.437 e. The lowest BCUT2D eigenvalue weighted by molar-refractivity contribution is 0.655. The van der Waals surface area contributed by atoms with E-state index in [4.69, 9.17) is 4.42 Å². The van der Waals surface area contributed by atoms with Crippen molar-refractivity contribution in [1.82, 2.24) is 4.98 Å². The minimum Gasteiger partial charge on any atom is -0.437 e. The first kappa shape index (κ1) is 27.8. The quantitative estimate of drug-likeness (QED) is 0.187. The summed E-state index contributed by atoms with van der Waals surface area (Å²) in [5.74, 6) is 0. The predicted molar refractivity (Wildman–Crippen MR) is 200 cm³/mol. The molecule has 0 fully saturated rings. The van der Waals surface area contributed by atoms with E-state index in [9.17, 15) is 0 Å². The molecule has 0 N–H and O–H groups in total. The highest BCUT2D eigenvalue weighted by Crippen LogP contribution is 2.40. The summed E-state index contributed by atoms with van der Waals surface area (Å²) in [4.78, 5) is 6.76. The minimum atomic E-state index is 0.661. The summed E-state index contributed by atoms with van der Waals surface area (Å²) in [6, 6.07) is 62.4. The van der Waals surface area contributed by atoms with Gasteiger partial charge in [-0.25, -0.2) is 4.98 Å². The van der Waals surface area contributed by atoms with Crippen molar-refractivity contribution < 1.29 is 4.42 Å². The first-order valence-electron chi connectivity index (χ1n) is 16.2. The number of hydrogen-bond donors (Lipinski definition) is 0. The van der Waals surface area contributed by atoms with Gasteiger partial charge in [0.2, 0.25) is 5.71 Å². The summed E-state index contributed by atoms with van der Waals surface area (Å²) in [5.41, 5.74) is 11.7. The van der Waals surface area contributed by atoms with Crippen molar-refractivity contribution in [2.45, 2.75) is 0 Å². The molecule has 0 aliphatic rings. The lowest BCUT2D eigenvalue weighted by atomic mass is 10.00. The standard InChI is InChI=1S/C45H30N2O/c1-2-8-31(9-3-1)33-17-23-38(24-18-33)47(39-25-19-34(20-26-39)37-16-15-32-10-4-5-11-36(32)30-37)40-27-21-35(22-28-40)41-12-6-13-42-43-14-7-29-46-45(43)48-44(41)42/h1-30H. The number of nitrogens with zero attached hydrogens (tertiary/aromatic N) is 2. The highest BCUT2D eigenvalue weighted by molar-refractivity contribution is 6.08. The van der Waals surface area contributed by atoms with Gasteiger partial charge in [-0.1, -0.05) is 121 Å². The monoisotopic (exact) mass is 614 g/mol. The first-order valence-corrected chi connectivity index (χ1v) is 16.2. The van der Waals surface area contributed by atoms with Gasteiger partial charge in [-0.05, 0) is 93.2 Å². The lowest BCUT2D eigenvalue weighted by Crippen LogP contribution is -2.09. The first-order chi connectivity index (χ1) is 23.8. The van der Waals surface area contributed by atoms with Crippen LogP contribution in [-0.2, 0) is 0 Å². The van der Waals surface area contributed by atoms with Crippen molar-refractivity contribution in [3.8, 4) is 33.4 Å². The summed E-state index contributed by atoms with van der Waals surface area (Å²) in [7, 11) is 0. The van der Waals surface area contributed by atoms with E-state index in [1.807, 2.05) is 6.07 Å². The second kappa shape index (κ2) is 11.7. The molecule has 0 amide bonds. The molecule has 226 valence electrons. The molecule has 9 aromatic rings. The van der Waals surface area contributed by atoms with E-state index < -0.39 is 0 Å². The van der Waals surface area contributed by atoms with Crippen LogP contribution in [0, 0.1) is 0 Å². The third kappa shape index (κ3) is 4.99. The van der Waals surface area contributed by atoms with E-state index >= 15 is 0 Å². The predicted octanol–water partition coefficient (Wildman–Crippen LogP) is 12.6. The Balaban J connectivity index is 1.11. The van der Waals surface area contributed by atoms with Crippen molar-refractivity contribution in [3.63, 3.8) is 0 Å². The molecule has 0 saturated carbocycles. The van der Waals surface area contributed by atoms with Crippen LogP contribution in [-0.4, -0.2) is 4.98 Å². The number of para-hydroxylation sites is 1. The molecule has 3 nitrogen and oxygen atoms in total. The van der Waals surface area contributed by atoms with Crippen molar-refractivity contribution in [1.29, 1.82) is 0 Å². The molecule has 2 heterocycles. The topological polar surface area (TPSA) is 29.3 Å². The van der Waals surface area contributed by atoms with E-state index in [-0.39, 0.29) is 0 Å².